The summed E-state index contributed by atoms with van der Waals surface area (Å²) in [6, 6.07) is 7.79. The maximum Gasteiger partial charge on any atom is 0.417 e. The summed E-state index contributed by atoms with van der Waals surface area (Å²) < 4.78 is 86.9. The molecule has 0 saturated heterocycles. The van der Waals surface area contributed by atoms with Gasteiger partial charge in [0.15, 0.2) is 0 Å². The molecule has 1 aromatic heterocycles. The molecule has 3 aromatic rings. The minimum Gasteiger partial charge on any atom is -0.347 e. The number of alkyl halides is 6. The van der Waals surface area contributed by atoms with Gasteiger partial charge >= 0.3 is 12.4 Å². The van der Waals surface area contributed by atoms with E-state index in [-0.39, 0.29) is 17.0 Å². The molecule has 0 aliphatic heterocycles. The van der Waals surface area contributed by atoms with E-state index in [1.165, 1.54) is 36.5 Å². The molecule has 0 bridgehead atoms. The first kappa shape index (κ1) is 26.5. The molecule has 1 N–H and O–H groups in total. The number of halogens is 6. The Balaban J connectivity index is 2.20. The average molecular weight is 503 g/mol. The summed E-state index contributed by atoms with van der Waals surface area (Å²) in [5.41, 5.74) is 0.0266. The van der Waals surface area contributed by atoms with E-state index in [4.69, 9.17) is 0 Å². The van der Waals surface area contributed by atoms with Crippen LogP contribution in [0.2, 0.25) is 0 Å². The molecule has 1 unspecified atom stereocenters. The lowest BCUT2D eigenvalue weighted by molar-refractivity contribution is -0.152. The van der Waals surface area contributed by atoms with Crippen molar-refractivity contribution in [2.24, 2.45) is 5.92 Å². The highest BCUT2D eigenvalue weighted by Crippen LogP contribution is 2.42. The molecule has 1 atom stereocenters. The molecule has 0 amide bonds. The highest BCUT2D eigenvalue weighted by atomic mass is 32.2. The molecule has 0 saturated carbocycles. The van der Waals surface area contributed by atoms with Gasteiger partial charge in [0.1, 0.15) is 6.04 Å². The van der Waals surface area contributed by atoms with Crippen LogP contribution in [-0.4, -0.2) is 15.5 Å². The quantitative estimate of drug-likeness (QED) is 0.268. The first-order valence-electron chi connectivity index (χ1n) is 10.9. The Morgan fingerprint density at radius 2 is 1.59 bits per heavy atom. The summed E-state index contributed by atoms with van der Waals surface area (Å²) in [6.45, 7) is 9.73. The van der Waals surface area contributed by atoms with Crippen LogP contribution in [0.4, 0.5) is 26.3 Å². The molecule has 9 heteroatoms. The van der Waals surface area contributed by atoms with Crippen molar-refractivity contribution in [2.75, 3.05) is 0 Å². The Labute approximate surface area is 199 Å². The third-order valence-corrected chi connectivity index (χ3v) is 6.11. The summed E-state index contributed by atoms with van der Waals surface area (Å²) in [6.07, 6.45) is -7.64. The van der Waals surface area contributed by atoms with Crippen molar-refractivity contribution in [1.29, 1.82) is 0 Å². The van der Waals surface area contributed by atoms with Crippen LogP contribution in [0.25, 0.3) is 22.0 Å². The predicted octanol–water partition coefficient (Wildman–Crippen LogP) is 8.62. The summed E-state index contributed by atoms with van der Waals surface area (Å²) in [5.74, 6) is 0.121. The van der Waals surface area contributed by atoms with Gasteiger partial charge in [0.25, 0.3) is 0 Å². The lowest BCUT2D eigenvalue weighted by atomic mass is 9.97. The standard InChI is InChI=1S/C25H28F6N2S/c1-15(2)13-33-14-19(22(25(29,30)31)32-34-23(3,4)5)18-11-10-16(12-21(18)33)17-8-6-7-9-20(17)24(26,27)28/h6-12,14-15,22,32H,13H2,1-5H3. The molecular weight excluding hydrogens is 474 g/mol. The number of nitrogens with one attached hydrogen (secondary N) is 1. The van der Waals surface area contributed by atoms with Crippen molar-refractivity contribution in [1.82, 2.24) is 9.29 Å². The molecule has 0 aliphatic carbocycles. The van der Waals surface area contributed by atoms with Gasteiger partial charge in [-0.1, -0.05) is 56.1 Å². The Hall–Kier alpha value is -2.13. The smallest absolute Gasteiger partial charge is 0.347 e. The molecule has 0 fully saturated rings. The fourth-order valence-corrected chi connectivity index (χ4v) is 4.52. The van der Waals surface area contributed by atoms with E-state index in [0.29, 0.717) is 23.0 Å². The van der Waals surface area contributed by atoms with Gasteiger partial charge in [-0.3, -0.25) is 0 Å². The molecule has 0 spiro atoms. The van der Waals surface area contributed by atoms with E-state index in [1.807, 2.05) is 34.6 Å². The summed E-state index contributed by atoms with van der Waals surface area (Å²) in [4.78, 5) is 0. The maximum absolute atomic E-state index is 14.1. The number of benzene rings is 2. The van der Waals surface area contributed by atoms with Gasteiger partial charge in [-0.25, -0.2) is 4.72 Å². The van der Waals surface area contributed by atoms with Crippen LogP contribution in [0.15, 0.2) is 48.7 Å². The number of hydrogen-bond donors (Lipinski definition) is 1. The highest BCUT2D eigenvalue weighted by molar-refractivity contribution is 7.98. The zero-order valence-corrected chi connectivity index (χ0v) is 20.4. The van der Waals surface area contributed by atoms with E-state index in [9.17, 15) is 26.3 Å². The van der Waals surface area contributed by atoms with Gasteiger partial charge in [-0.2, -0.15) is 26.3 Å². The third kappa shape index (κ3) is 6.10. The van der Waals surface area contributed by atoms with Gasteiger partial charge in [-0.15, -0.1) is 0 Å². The molecular formula is C25H28F6N2S. The molecule has 2 aromatic carbocycles. The number of nitrogens with zero attached hydrogens (tertiary/aromatic N) is 1. The normalized spacial score (nSPS) is 14.2. The van der Waals surface area contributed by atoms with Crippen molar-refractivity contribution in [3.8, 4) is 11.1 Å². The molecule has 2 nitrogen and oxygen atoms in total. The van der Waals surface area contributed by atoms with Crippen LogP contribution in [0.3, 0.4) is 0 Å². The highest BCUT2D eigenvalue weighted by Gasteiger charge is 2.43. The number of fused-ring (bicyclic) bond motifs is 1. The minimum atomic E-state index is -4.56. The second-order valence-corrected chi connectivity index (χ2v) is 11.4. The topological polar surface area (TPSA) is 17.0 Å². The monoisotopic (exact) mass is 502 g/mol. The molecule has 0 aliphatic rings. The second-order valence-electron chi connectivity index (χ2n) is 9.71. The van der Waals surface area contributed by atoms with E-state index < -0.39 is 28.7 Å². The van der Waals surface area contributed by atoms with Crippen LogP contribution in [0.1, 0.15) is 51.8 Å². The van der Waals surface area contributed by atoms with Gasteiger partial charge in [0.05, 0.1) is 5.56 Å². The lowest BCUT2D eigenvalue weighted by Crippen LogP contribution is -2.32. The maximum atomic E-state index is 14.1. The molecule has 186 valence electrons. The van der Waals surface area contributed by atoms with Crippen LogP contribution in [0.5, 0.6) is 0 Å². The summed E-state index contributed by atoms with van der Waals surface area (Å²) in [7, 11) is 0. The minimum absolute atomic E-state index is 0.00969. The third-order valence-electron chi connectivity index (χ3n) is 5.14. The van der Waals surface area contributed by atoms with E-state index in [2.05, 4.69) is 4.72 Å². The first-order valence-corrected chi connectivity index (χ1v) is 11.7. The van der Waals surface area contributed by atoms with Crippen molar-refractivity contribution in [2.45, 2.75) is 64.3 Å². The summed E-state index contributed by atoms with van der Waals surface area (Å²) in [5, 5.41) is 0.359. The van der Waals surface area contributed by atoms with Crippen LogP contribution >= 0.6 is 11.9 Å². The van der Waals surface area contributed by atoms with Crippen molar-refractivity contribution in [3.05, 3.63) is 59.8 Å². The van der Waals surface area contributed by atoms with E-state index in [0.717, 1.165) is 18.0 Å². The SMILES string of the molecule is CC(C)Cn1cc(C(NSC(C)(C)C)C(F)(F)F)c2ccc(-c3ccccc3C(F)(F)F)cc21. The van der Waals surface area contributed by atoms with Gasteiger partial charge in [-0.05, 0) is 49.9 Å². The molecule has 34 heavy (non-hydrogen) atoms. The van der Waals surface area contributed by atoms with Gasteiger partial charge in [0, 0.05) is 34.0 Å². The Morgan fingerprint density at radius 1 is 0.941 bits per heavy atom. The predicted molar refractivity (Wildman–Crippen MR) is 126 cm³/mol. The Morgan fingerprint density at radius 3 is 2.15 bits per heavy atom. The first-order chi connectivity index (χ1) is 15.6. The van der Waals surface area contributed by atoms with Crippen LogP contribution in [0, 0.1) is 5.92 Å². The number of aromatic nitrogens is 1. The van der Waals surface area contributed by atoms with Crippen LogP contribution in [-0.2, 0) is 12.7 Å². The molecule has 3 rings (SSSR count). The van der Waals surface area contributed by atoms with Gasteiger partial charge < -0.3 is 4.57 Å². The zero-order valence-electron chi connectivity index (χ0n) is 19.6. The average Bonchev–Trinajstić information content (AvgIpc) is 3.02. The Bertz CT molecular complexity index is 1140. The number of hydrogen-bond acceptors (Lipinski definition) is 2. The number of rotatable bonds is 6. The van der Waals surface area contributed by atoms with E-state index in [1.54, 1.807) is 10.6 Å². The zero-order chi connectivity index (χ0) is 25.5. The fraction of sp³-hybridized carbons (Fsp3) is 0.440. The lowest BCUT2D eigenvalue weighted by Gasteiger charge is -2.25. The van der Waals surface area contributed by atoms with Crippen molar-refractivity contribution in [3.63, 3.8) is 0 Å². The largest absolute Gasteiger partial charge is 0.417 e. The van der Waals surface area contributed by atoms with E-state index >= 15 is 0 Å². The molecule has 1 heterocycles. The van der Waals surface area contributed by atoms with Gasteiger partial charge in [0.2, 0.25) is 0 Å². The van der Waals surface area contributed by atoms with Crippen LogP contribution < -0.4 is 4.72 Å². The Kier molecular flexibility index (Phi) is 7.39. The van der Waals surface area contributed by atoms with Crippen molar-refractivity contribution >= 4 is 22.9 Å². The summed E-state index contributed by atoms with van der Waals surface area (Å²) >= 11 is 0.996. The fourth-order valence-electron chi connectivity index (χ4n) is 3.79. The molecule has 0 radical (unpaired) electrons. The second kappa shape index (κ2) is 9.49. The van der Waals surface area contributed by atoms with Crippen molar-refractivity contribution < 1.29 is 26.3 Å².